The standard InChI is InChI=1S/C29H28O3/c1-29(2,24-11-17-27(32)18-12-24)23-9-5-21(6-10-23)28(22-7-15-26(31)16-8-22)19-20-3-13-25(30)14-4-20/h3-18,28,30-32H,19H2,1-2H3. The summed E-state index contributed by atoms with van der Waals surface area (Å²) >= 11 is 0. The van der Waals surface area contributed by atoms with Crippen LogP contribution in [-0.4, -0.2) is 15.3 Å². The van der Waals surface area contributed by atoms with E-state index in [1.165, 1.54) is 11.1 Å². The summed E-state index contributed by atoms with van der Waals surface area (Å²) in [6, 6.07) is 30.8. The topological polar surface area (TPSA) is 60.7 Å². The predicted molar refractivity (Wildman–Crippen MR) is 128 cm³/mol. The van der Waals surface area contributed by atoms with Gasteiger partial charge >= 0.3 is 0 Å². The Kier molecular flexibility index (Phi) is 5.91. The largest absolute Gasteiger partial charge is 0.508 e. The van der Waals surface area contributed by atoms with Gasteiger partial charge in [0, 0.05) is 11.3 Å². The van der Waals surface area contributed by atoms with E-state index >= 15 is 0 Å². The molecule has 0 bridgehead atoms. The highest BCUT2D eigenvalue weighted by molar-refractivity contribution is 5.43. The summed E-state index contributed by atoms with van der Waals surface area (Å²) in [5.74, 6) is 0.899. The van der Waals surface area contributed by atoms with Crippen LogP contribution < -0.4 is 0 Å². The van der Waals surface area contributed by atoms with Crippen molar-refractivity contribution >= 4 is 0 Å². The van der Waals surface area contributed by atoms with Crippen molar-refractivity contribution in [3.63, 3.8) is 0 Å². The van der Waals surface area contributed by atoms with Crippen molar-refractivity contribution in [3.8, 4) is 17.2 Å². The lowest BCUT2D eigenvalue weighted by molar-refractivity contribution is 0.474. The van der Waals surface area contributed by atoms with Crippen molar-refractivity contribution < 1.29 is 15.3 Å². The van der Waals surface area contributed by atoms with E-state index in [9.17, 15) is 15.3 Å². The minimum atomic E-state index is -0.197. The molecule has 0 aliphatic heterocycles. The fourth-order valence-corrected chi connectivity index (χ4v) is 4.18. The third-order valence-corrected chi connectivity index (χ3v) is 6.30. The van der Waals surface area contributed by atoms with Gasteiger partial charge in [0.1, 0.15) is 17.2 Å². The van der Waals surface area contributed by atoms with E-state index in [-0.39, 0.29) is 28.6 Å². The second-order valence-electron chi connectivity index (χ2n) is 8.81. The second-order valence-corrected chi connectivity index (χ2v) is 8.81. The highest BCUT2D eigenvalue weighted by Gasteiger charge is 2.24. The minimum absolute atomic E-state index is 0.117. The van der Waals surface area contributed by atoms with Crippen LogP contribution in [0.15, 0.2) is 97.1 Å². The molecule has 0 aromatic heterocycles. The van der Waals surface area contributed by atoms with Crippen molar-refractivity contribution in [2.45, 2.75) is 31.6 Å². The summed E-state index contributed by atoms with van der Waals surface area (Å²) in [6.07, 6.45) is 0.783. The van der Waals surface area contributed by atoms with Crippen LogP contribution in [-0.2, 0) is 11.8 Å². The summed E-state index contributed by atoms with van der Waals surface area (Å²) in [6.45, 7) is 4.37. The van der Waals surface area contributed by atoms with E-state index in [4.69, 9.17) is 0 Å². The molecule has 1 atom stereocenters. The van der Waals surface area contributed by atoms with Gasteiger partial charge in [-0.2, -0.15) is 0 Å². The molecular weight excluding hydrogens is 396 g/mol. The van der Waals surface area contributed by atoms with E-state index < -0.39 is 0 Å². The molecule has 4 rings (SSSR count). The average molecular weight is 425 g/mol. The first-order valence-corrected chi connectivity index (χ1v) is 10.8. The number of aromatic hydroxyl groups is 3. The molecule has 0 amide bonds. The molecule has 0 saturated carbocycles. The quantitative estimate of drug-likeness (QED) is 0.331. The van der Waals surface area contributed by atoms with Crippen LogP contribution in [0.25, 0.3) is 0 Å². The normalized spacial score (nSPS) is 12.4. The fourth-order valence-electron chi connectivity index (χ4n) is 4.18. The second kappa shape index (κ2) is 8.80. The first kappa shape index (κ1) is 21.5. The zero-order valence-corrected chi connectivity index (χ0v) is 18.4. The van der Waals surface area contributed by atoms with E-state index in [2.05, 4.69) is 38.1 Å². The number of rotatable bonds is 6. The Balaban J connectivity index is 1.67. The van der Waals surface area contributed by atoms with Gasteiger partial charge in [-0.25, -0.2) is 0 Å². The first-order chi connectivity index (χ1) is 15.3. The van der Waals surface area contributed by atoms with Crippen LogP contribution in [0.5, 0.6) is 17.2 Å². The van der Waals surface area contributed by atoms with Gasteiger partial charge in [-0.15, -0.1) is 0 Å². The summed E-state index contributed by atoms with van der Waals surface area (Å²) in [4.78, 5) is 0. The van der Waals surface area contributed by atoms with Gasteiger partial charge in [-0.3, -0.25) is 0 Å². The average Bonchev–Trinajstić information content (AvgIpc) is 2.80. The molecule has 0 fully saturated rings. The van der Waals surface area contributed by atoms with Gasteiger partial charge in [-0.1, -0.05) is 74.5 Å². The molecule has 0 radical (unpaired) electrons. The zero-order chi connectivity index (χ0) is 22.7. The Hall–Kier alpha value is -3.72. The maximum Gasteiger partial charge on any atom is 0.115 e. The fraction of sp³-hybridized carbons (Fsp3) is 0.172. The molecule has 32 heavy (non-hydrogen) atoms. The predicted octanol–water partition coefficient (Wildman–Crippen LogP) is 6.50. The number of phenolic OH excluding ortho intramolecular Hbond substituents is 3. The number of hydrogen-bond acceptors (Lipinski definition) is 3. The van der Waals surface area contributed by atoms with Crippen molar-refractivity contribution in [1.82, 2.24) is 0 Å². The van der Waals surface area contributed by atoms with Gasteiger partial charge in [0.25, 0.3) is 0 Å². The molecular formula is C29H28O3. The third kappa shape index (κ3) is 4.62. The molecule has 3 nitrogen and oxygen atoms in total. The van der Waals surface area contributed by atoms with Gasteiger partial charge < -0.3 is 15.3 Å². The summed E-state index contributed by atoms with van der Waals surface area (Å²) in [5.41, 5.74) is 5.59. The molecule has 4 aromatic rings. The molecule has 3 heteroatoms. The zero-order valence-electron chi connectivity index (χ0n) is 18.4. The van der Waals surface area contributed by atoms with Crippen LogP contribution >= 0.6 is 0 Å². The molecule has 4 aromatic carbocycles. The van der Waals surface area contributed by atoms with E-state index in [0.29, 0.717) is 0 Å². The van der Waals surface area contributed by atoms with Crippen molar-refractivity contribution in [3.05, 3.63) is 125 Å². The number of benzene rings is 4. The van der Waals surface area contributed by atoms with E-state index in [1.54, 1.807) is 36.4 Å². The summed E-state index contributed by atoms with van der Waals surface area (Å²) in [7, 11) is 0. The minimum Gasteiger partial charge on any atom is -0.508 e. The first-order valence-electron chi connectivity index (χ1n) is 10.8. The number of phenols is 3. The molecule has 0 aliphatic carbocycles. The van der Waals surface area contributed by atoms with Crippen LogP contribution in [0.4, 0.5) is 0 Å². The molecule has 0 heterocycles. The van der Waals surface area contributed by atoms with Crippen LogP contribution in [0.3, 0.4) is 0 Å². The van der Waals surface area contributed by atoms with Gasteiger partial charge in [-0.05, 0) is 70.6 Å². The molecule has 0 saturated heterocycles. The molecule has 1 unspecified atom stereocenters. The smallest absolute Gasteiger partial charge is 0.115 e. The molecule has 3 N–H and O–H groups in total. The van der Waals surface area contributed by atoms with Gasteiger partial charge in [0.2, 0.25) is 0 Å². The monoisotopic (exact) mass is 424 g/mol. The van der Waals surface area contributed by atoms with Crippen LogP contribution in [0, 0.1) is 0 Å². The SMILES string of the molecule is CC(C)(c1ccc(O)cc1)c1ccc(C(Cc2ccc(O)cc2)c2ccc(O)cc2)cc1. The van der Waals surface area contributed by atoms with Gasteiger partial charge in [0.15, 0.2) is 0 Å². The van der Waals surface area contributed by atoms with Crippen LogP contribution in [0.1, 0.15) is 47.6 Å². The Bertz CT molecular complexity index is 1160. The highest BCUT2D eigenvalue weighted by atomic mass is 16.3. The van der Waals surface area contributed by atoms with Crippen molar-refractivity contribution in [1.29, 1.82) is 0 Å². The molecule has 0 spiro atoms. The lowest BCUT2D eigenvalue weighted by Gasteiger charge is -2.27. The Morgan fingerprint density at radius 1 is 0.531 bits per heavy atom. The van der Waals surface area contributed by atoms with Gasteiger partial charge in [0.05, 0.1) is 0 Å². The summed E-state index contributed by atoms with van der Waals surface area (Å²) in [5, 5.41) is 29.0. The third-order valence-electron chi connectivity index (χ3n) is 6.30. The molecule has 0 aliphatic rings. The summed E-state index contributed by atoms with van der Waals surface area (Å²) < 4.78 is 0. The van der Waals surface area contributed by atoms with E-state index in [0.717, 1.165) is 23.1 Å². The Morgan fingerprint density at radius 3 is 1.34 bits per heavy atom. The van der Waals surface area contributed by atoms with Crippen molar-refractivity contribution in [2.24, 2.45) is 0 Å². The maximum absolute atomic E-state index is 9.74. The molecule has 162 valence electrons. The Morgan fingerprint density at radius 2 is 0.875 bits per heavy atom. The maximum atomic E-state index is 9.74. The number of hydrogen-bond donors (Lipinski definition) is 3. The highest BCUT2D eigenvalue weighted by Crippen LogP contribution is 2.35. The van der Waals surface area contributed by atoms with E-state index in [1.807, 2.05) is 36.4 Å². The lowest BCUT2D eigenvalue weighted by Crippen LogP contribution is -2.19. The Labute approximate surface area is 189 Å². The lowest BCUT2D eigenvalue weighted by atomic mass is 9.77. The van der Waals surface area contributed by atoms with Crippen molar-refractivity contribution in [2.75, 3.05) is 0 Å². The van der Waals surface area contributed by atoms with Crippen LogP contribution in [0.2, 0.25) is 0 Å².